The molecule has 10 rings (SSSR count). The molecule has 1 aliphatic heterocycles. The van der Waals surface area contributed by atoms with Crippen LogP contribution in [0.1, 0.15) is 108 Å². The number of hydrogen-bond acceptors (Lipinski definition) is 4. The molecule has 5 heteroatoms. The Morgan fingerprint density at radius 1 is 0.435 bits per heavy atom. The van der Waals surface area contributed by atoms with E-state index in [-0.39, 0.29) is 21.7 Å². The fourth-order valence-electron chi connectivity index (χ4n) is 9.87. The van der Waals surface area contributed by atoms with Crippen LogP contribution in [0.2, 0.25) is 0 Å². The molecule has 2 aromatic heterocycles. The summed E-state index contributed by atoms with van der Waals surface area (Å²) < 4.78 is 9.22. The summed E-state index contributed by atoms with van der Waals surface area (Å²) in [7, 11) is 0. The molecule has 0 aliphatic carbocycles. The molecule has 0 radical (unpaired) electrons. The number of benzene rings is 7. The van der Waals surface area contributed by atoms with E-state index in [4.69, 9.17) is 9.72 Å². The molecular weight excluding hydrogens is 841 g/mol. The van der Waals surface area contributed by atoms with E-state index >= 15 is 0 Å². The van der Waals surface area contributed by atoms with Gasteiger partial charge in [-0.3, -0.25) is 4.57 Å². The quantitative estimate of drug-likeness (QED) is 0.137. The van der Waals surface area contributed by atoms with Crippen LogP contribution >= 0.6 is 0 Å². The van der Waals surface area contributed by atoms with Crippen LogP contribution in [0.4, 0.5) is 11.4 Å². The monoisotopic (exact) mass is 905 g/mol. The Bertz CT molecular complexity index is 3320. The van der Waals surface area contributed by atoms with Gasteiger partial charge in [0.15, 0.2) is 0 Å². The largest absolute Gasteiger partial charge is 0.457 e. The molecule has 0 unspecified atom stereocenters. The van der Waals surface area contributed by atoms with Crippen molar-refractivity contribution in [3.63, 3.8) is 0 Å². The van der Waals surface area contributed by atoms with Crippen molar-refractivity contribution in [3.05, 3.63) is 233 Å². The molecule has 0 saturated heterocycles. The van der Waals surface area contributed by atoms with Crippen LogP contribution < -0.4 is 14.5 Å². The molecule has 0 spiro atoms. The maximum atomic E-state index is 6.91. The summed E-state index contributed by atoms with van der Waals surface area (Å²) in [6.45, 7) is 23.7. The van der Waals surface area contributed by atoms with Gasteiger partial charge in [0.1, 0.15) is 17.3 Å². The van der Waals surface area contributed by atoms with Crippen molar-refractivity contribution in [2.75, 3.05) is 16.5 Å². The number of fused-ring (bicyclic) bond motifs is 3. The molecule has 3 heterocycles. The fourth-order valence-corrected chi connectivity index (χ4v) is 9.87. The minimum Gasteiger partial charge on any atom is -0.457 e. The third kappa shape index (κ3) is 8.72. The zero-order chi connectivity index (χ0) is 48.3. The van der Waals surface area contributed by atoms with E-state index in [0.29, 0.717) is 6.67 Å². The number of hydrogen-bond donors (Lipinski definition) is 0. The number of aromatic nitrogens is 2. The van der Waals surface area contributed by atoms with Crippen LogP contribution in [0.15, 0.2) is 194 Å². The first kappa shape index (κ1) is 45.4. The third-order valence-corrected chi connectivity index (χ3v) is 14.4. The van der Waals surface area contributed by atoms with Crippen LogP contribution in [-0.2, 0) is 21.7 Å². The minimum absolute atomic E-state index is 0.00645. The van der Waals surface area contributed by atoms with Crippen molar-refractivity contribution in [1.29, 1.82) is 0 Å². The Morgan fingerprint density at radius 2 is 1.03 bits per heavy atom. The van der Waals surface area contributed by atoms with Gasteiger partial charge in [0, 0.05) is 57.5 Å². The van der Waals surface area contributed by atoms with Crippen molar-refractivity contribution in [2.24, 2.45) is 0 Å². The van der Waals surface area contributed by atoms with E-state index < -0.39 is 0 Å². The van der Waals surface area contributed by atoms with Gasteiger partial charge in [0.2, 0.25) is 0 Å². The Balaban J connectivity index is 1.05. The lowest BCUT2D eigenvalue weighted by Gasteiger charge is -2.29. The minimum atomic E-state index is -0.238. The molecule has 346 valence electrons. The molecule has 7 aromatic carbocycles. The zero-order valence-corrected chi connectivity index (χ0v) is 41.9. The smallest absolute Gasteiger partial charge is 0.137 e. The van der Waals surface area contributed by atoms with Gasteiger partial charge < -0.3 is 14.5 Å². The lowest BCUT2D eigenvalue weighted by atomic mass is 9.78. The average molecular weight is 905 g/mol. The number of nitrogens with zero attached hydrogens (tertiary/aromatic N) is 4. The highest BCUT2D eigenvalue weighted by molar-refractivity contribution is 6.10. The van der Waals surface area contributed by atoms with E-state index in [9.17, 15) is 0 Å². The third-order valence-electron chi connectivity index (χ3n) is 14.4. The van der Waals surface area contributed by atoms with E-state index in [2.05, 4.69) is 272 Å². The molecule has 0 atom stereocenters. The van der Waals surface area contributed by atoms with Crippen molar-refractivity contribution >= 4 is 38.9 Å². The van der Waals surface area contributed by atoms with Crippen molar-refractivity contribution in [3.8, 4) is 17.3 Å². The van der Waals surface area contributed by atoms with Gasteiger partial charge in [-0.2, -0.15) is 0 Å². The summed E-state index contributed by atoms with van der Waals surface area (Å²) in [5, 5.41) is 2.32. The zero-order valence-electron chi connectivity index (χ0n) is 41.9. The highest BCUT2D eigenvalue weighted by Gasteiger charge is 2.30. The van der Waals surface area contributed by atoms with Gasteiger partial charge in [0.05, 0.1) is 23.4 Å². The molecule has 0 amide bonds. The summed E-state index contributed by atoms with van der Waals surface area (Å²) >= 11 is 0. The van der Waals surface area contributed by atoms with Gasteiger partial charge in [-0.1, -0.05) is 178 Å². The van der Waals surface area contributed by atoms with Gasteiger partial charge >= 0.3 is 0 Å². The molecule has 0 N–H and O–H groups in total. The first-order valence-electron chi connectivity index (χ1n) is 24.4. The van der Waals surface area contributed by atoms with E-state index in [1.54, 1.807) is 0 Å². The molecule has 69 heavy (non-hydrogen) atoms. The lowest BCUT2D eigenvalue weighted by Crippen LogP contribution is -2.27. The Kier molecular flexibility index (Phi) is 11.4. The Morgan fingerprint density at radius 3 is 1.65 bits per heavy atom. The number of pyridine rings is 1. The highest BCUT2D eigenvalue weighted by Crippen LogP contribution is 2.43. The second-order valence-electron chi connectivity index (χ2n) is 21.9. The van der Waals surface area contributed by atoms with Gasteiger partial charge in [-0.05, 0) is 110 Å². The lowest BCUT2D eigenvalue weighted by molar-refractivity contribution is 0.483. The standard InChI is InChI=1S/C64H64N4O/c1-61(2,3)49-35-50(62(4,5)6)37-52(36-49)66-42-59(44-21-14-11-15-22-44)67(43-66)51-27-20-28-53(40-51)69-54-30-31-55-56-38-47(63(7,8)45-23-16-12-17-24-45)29-32-57(56)68(58(55)41-54)60-39-48(33-34-65-60)64(9,10)46-25-18-13-19-26-46/h11-42H,43H2,1-10H3. The van der Waals surface area contributed by atoms with Crippen LogP contribution in [0.25, 0.3) is 33.3 Å². The molecule has 1 aliphatic rings. The second kappa shape index (κ2) is 17.3. The maximum Gasteiger partial charge on any atom is 0.137 e. The van der Waals surface area contributed by atoms with Gasteiger partial charge in [-0.25, -0.2) is 4.98 Å². The summed E-state index contributed by atoms with van der Waals surface area (Å²) in [5.74, 6) is 2.39. The van der Waals surface area contributed by atoms with Gasteiger partial charge in [-0.15, -0.1) is 0 Å². The number of rotatable bonds is 10. The van der Waals surface area contributed by atoms with Crippen LogP contribution in [0, 0.1) is 0 Å². The molecule has 0 bridgehead atoms. The molecule has 5 nitrogen and oxygen atoms in total. The van der Waals surface area contributed by atoms with Crippen molar-refractivity contribution in [2.45, 2.75) is 90.9 Å². The van der Waals surface area contributed by atoms with E-state index in [1.807, 2.05) is 6.20 Å². The van der Waals surface area contributed by atoms with E-state index in [1.165, 1.54) is 44.5 Å². The predicted molar refractivity (Wildman–Crippen MR) is 290 cm³/mol. The second-order valence-corrected chi connectivity index (χ2v) is 21.9. The summed E-state index contributed by atoms with van der Waals surface area (Å²) in [5.41, 5.74) is 13.9. The molecule has 0 saturated carbocycles. The van der Waals surface area contributed by atoms with Crippen molar-refractivity contribution in [1.82, 2.24) is 9.55 Å². The normalized spacial score (nSPS) is 13.6. The number of ether oxygens (including phenoxy) is 1. The molecule has 9 aromatic rings. The Hall–Kier alpha value is -7.37. The summed E-state index contributed by atoms with van der Waals surface area (Å²) in [6.07, 6.45) is 4.26. The van der Waals surface area contributed by atoms with E-state index in [0.717, 1.165) is 50.7 Å². The van der Waals surface area contributed by atoms with Crippen LogP contribution in [-0.4, -0.2) is 16.2 Å². The fraction of sp³-hybridized carbons (Fsp3) is 0.234. The summed E-state index contributed by atoms with van der Waals surface area (Å²) in [6, 6.07) is 65.7. The van der Waals surface area contributed by atoms with Crippen LogP contribution in [0.5, 0.6) is 11.5 Å². The topological polar surface area (TPSA) is 33.5 Å². The predicted octanol–water partition coefficient (Wildman–Crippen LogP) is 16.5. The SMILES string of the molecule is CC(C)(C)c1cc(N2C=C(c3ccccc3)N(c3cccc(Oc4ccc5c6cc(C(C)(C)c7ccccc7)ccc6n(-c6cc(C(C)(C)c7ccccc7)ccn6)c5c4)c3)C2)cc(C(C)(C)C)c1. The van der Waals surface area contributed by atoms with Crippen molar-refractivity contribution < 1.29 is 4.74 Å². The molecule has 0 fully saturated rings. The average Bonchev–Trinajstić information content (AvgIpc) is 3.94. The highest BCUT2D eigenvalue weighted by atomic mass is 16.5. The number of anilines is 2. The van der Waals surface area contributed by atoms with Crippen LogP contribution in [0.3, 0.4) is 0 Å². The molecular formula is C64H64N4O. The first-order valence-corrected chi connectivity index (χ1v) is 24.4. The summed E-state index contributed by atoms with van der Waals surface area (Å²) in [4.78, 5) is 9.87. The first-order chi connectivity index (χ1) is 32.9. The Labute approximate surface area is 409 Å². The van der Waals surface area contributed by atoms with Gasteiger partial charge in [0.25, 0.3) is 0 Å². The maximum absolute atomic E-state index is 6.91.